The monoisotopic (exact) mass is 829 g/mol. The quantitative estimate of drug-likeness (QED) is 0.159. The number of hydrogen-bond donors (Lipinski definition) is 0. The second-order valence-corrected chi connectivity index (χ2v) is 17.7. The Bertz CT molecular complexity index is 3580. The first kappa shape index (κ1) is 37.4. The van der Waals surface area contributed by atoms with Gasteiger partial charge in [-0.15, -0.1) is 0 Å². The van der Waals surface area contributed by atoms with Gasteiger partial charge in [-0.3, -0.25) is 0 Å². The first-order chi connectivity index (χ1) is 32.1. The maximum absolute atomic E-state index is 6.43. The van der Waals surface area contributed by atoms with Gasteiger partial charge in [0.05, 0.1) is 11.1 Å². The zero-order valence-electron chi connectivity index (χ0n) is 35.9. The van der Waals surface area contributed by atoms with Crippen LogP contribution in [-0.2, 0) is 10.8 Å². The summed E-state index contributed by atoms with van der Waals surface area (Å²) < 4.78 is 6.43. The molecule has 2 aliphatic rings. The number of fused-ring (bicyclic) bond motifs is 9. The molecule has 0 amide bonds. The lowest BCUT2D eigenvalue weighted by Gasteiger charge is -2.35. The Morgan fingerprint density at radius 3 is 1.62 bits per heavy atom. The second-order valence-electron chi connectivity index (χ2n) is 17.7. The van der Waals surface area contributed by atoms with E-state index in [1.165, 1.54) is 66.8 Å². The third kappa shape index (κ3) is 5.35. The Labute approximate surface area is 379 Å². The molecule has 0 radical (unpaired) electrons. The SMILES string of the molecule is CC1(c2ccccc2)c2ccccc2-c2c(-c3ccccc3N(c3ccc4c(c3)C(c3ccccc3)(c3ccccc3)c3ccccc3-4)c3ccc4oc5ccccc5c4c3)cccc21. The van der Waals surface area contributed by atoms with Crippen LogP contribution in [0.4, 0.5) is 17.1 Å². The number of para-hydroxylation sites is 2. The van der Waals surface area contributed by atoms with E-state index in [-0.39, 0.29) is 5.41 Å². The number of hydrogen-bond acceptors (Lipinski definition) is 2. The molecule has 0 fully saturated rings. The summed E-state index contributed by atoms with van der Waals surface area (Å²) in [5, 5.41) is 2.19. The molecule has 10 aromatic carbocycles. The minimum absolute atomic E-state index is 0.321. The van der Waals surface area contributed by atoms with Crippen LogP contribution in [-0.4, -0.2) is 0 Å². The van der Waals surface area contributed by atoms with Gasteiger partial charge >= 0.3 is 0 Å². The molecule has 65 heavy (non-hydrogen) atoms. The maximum atomic E-state index is 6.43. The van der Waals surface area contributed by atoms with Crippen LogP contribution >= 0.6 is 0 Å². The number of rotatable bonds is 7. The minimum Gasteiger partial charge on any atom is -0.456 e. The molecule has 306 valence electrons. The van der Waals surface area contributed by atoms with Crippen LogP contribution in [0.5, 0.6) is 0 Å². The minimum atomic E-state index is -0.549. The predicted octanol–water partition coefficient (Wildman–Crippen LogP) is 16.4. The van der Waals surface area contributed by atoms with Crippen LogP contribution in [0.2, 0.25) is 0 Å². The summed E-state index contributed by atoms with van der Waals surface area (Å²) in [7, 11) is 0. The van der Waals surface area contributed by atoms with Crippen molar-refractivity contribution in [2.45, 2.75) is 17.8 Å². The second kappa shape index (κ2) is 14.4. The molecule has 1 unspecified atom stereocenters. The lowest BCUT2D eigenvalue weighted by molar-refractivity contribution is 0.669. The average molecular weight is 830 g/mol. The molecule has 2 aliphatic carbocycles. The number of benzene rings is 10. The molecule has 1 heterocycles. The van der Waals surface area contributed by atoms with E-state index in [1.54, 1.807) is 0 Å². The number of furan rings is 1. The number of nitrogens with zero attached hydrogens (tertiary/aromatic N) is 1. The van der Waals surface area contributed by atoms with Crippen LogP contribution in [0.15, 0.2) is 247 Å². The molecule has 0 N–H and O–H groups in total. The Hall–Kier alpha value is -8.20. The Kier molecular flexibility index (Phi) is 8.29. The molecule has 1 aromatic heterocycles. The van der Waals surface area contributed by atoms with Gasteiger partial charge < -0.3 is 9.32 Å². The summed E-state index contributed by atoms with van der Waals surface area (Å²) >= 11 is 0. The number of anilines is 3. The van der Waals surface area contributed by atoms with E-state index in [1.807, 2.05) is 6.07 Å². The molecular weight excluding hydrogens is 787 g/mol. The van der Waals surface area contributed by atoms with E-state index in [0.29, 0.717) is 0 Å². The van der Waals surface area contributed by atoms with E-state index < -0.39 is 5.41 Å². The molecule has 0 saturated carbocycles. The van der Waals surface area contributed by atoms with Crippen molar-refractivity contribution in [3.05, 3.63) is 282 Å². The van der Waals surface area contributed by atoms with Gasteiger partial charge in [0.25, 0.3) is 0 Å². The van der Waals surface area contributed by atoms with Crippen molar-refractivity contribution in [3.63, 3.8) is 0 Å². The predicted molar refractivity (Wildman–Crippen MR) is 269 cm³/mol. The van der Waals surface area contributed by atoms with Crippen molar-refractivity contribution in [1.29, 1.82) is 0 Å². The fourth-order valence-corrected chi connectivity index (χ4v) is 11.6. The van der Waals surface area contributed by atoms with Crippen LogP contribution in [0.1, 0.15) is 45.9 Å². The highest BCUT2D eigenvalue weighted by molar-refractivity contribution is 6.07. The highest BCUT2D eigenvalue weighted by atomic mass is 16.3. The zero-order valence-corrected chi connectivity index (χ0v) is 35.9. The standard InChI is InChI=1S/C63H43NO/c1-62(42-20-5-2-6-21-42)54-31-15-12-29-52(54)61-51(30-19-33-56(61)62)49-27-13-17-34-58(49)64(45-37-39-60-53(40-45)50-28-14-18-35-59(50)65-60)46-36-38-48-47-26-11-16-32-55(47)63(57(48)41-46,43-22-7-3-8-23-43)44-24-9-4-10-25-44/h2-41H,1H3. The first-order valence-electron chi connectivity index (χ1n) is 22.6. The maximum Gasteiger partial charge on any atom is 0.135 e. The van der Waals surface area contributed by atoms with Crippen LogP contribution in [0.3, 0.4) is 0 Å². The zero-order chi connectivity index (χ0) is 43.1. The Balaban J connectivity index is 1.09. The van der Waals surface area contributed by atoms with E-state index in [9.17, 15) is 0 Å². The van der Waals surface area contributed by atoms with Gasteiger partial charge in [-0.05, 0) is 116 Å². The van der Waals surface area contributed by atoms with Crippen LogP contribution < -0.4 is 4.90 Å². The van der Waals surface area contributed by atoms with Gasteiger partial charge in [-0.1, -0.05) is 200 Å². The highest BCUT2D eigenvalue weighted by Gasteiger charge is 2.47. The van der Waals surface area contributed by atoms with E-state index in [0.717, 1.165) is 44.6 Å². The van der Waals surface area contributed by atoms with Crippen molar-refractivity contribution >= 4 is 39.0 Å². The van der Waals surface area contributed by atoms with Crippen molar-refractivity contribution in [1.82, 2.24) is 0 Å². The summed E-state index contributed by atoms with van der Waals surface area (Å²) in [6, 6.07) is 89.3. The summed E-state index contributed by atoms with van der Waals surface area (Å²) in [5.41, 5.74) is 20.6. The van der Waals surface area contributed by atoms with E-state index in [2.05, 4.69) is 248 Å². The molecule has 1 atom stereocenters. The van der Waals surface area contributed by atoms with E-state index in [4.69, 9.17) is 4.42 Å². The molecule has 0 spiro atoms. The molecule has 13 rings (SSSR count). The molecular formula is C63H43NO. The molecule has 2 heteroatoms. The summed E-state index contributed by atoms with van der Waals surface area (Å²) in [6.07, 6.45) is 0. The van der Waals surface area contributed by atoms with Gasteiger partial charge in [-0.2, -0.15) is 0 Å². The van der Waals surface area contributed by atoms with Crippen LogP contribution in [0.25, 0.3) is 55.3 Å². The topological polar surface area (TPSA) is 16.4 Å². The Morgan fingerprint density at radius 2 is 0.862 bits per heavy atom. The van der Waals surface area contributed by atoms with Crippen LogP contribution in [0, 0.1) is 0 Å². The lowest BCUT2D eigenvalue weighted by Crippen LogP contribution is -2.28. The van der Waals surface area contributed by atoms with Crippen molar-refractivity contribution in [2.24, 2.45) is 0 Å². The van der Waals surface area contributed by atoms with Crippen molar-refractivity contribution in [2.75, 3.05) is 4.90 Å². The summed E-state index contributed by atoms with van der Waals surface area (Å²) in [6.45, 7) is 2.40. The molecule has 0 bridgehead atoms. The third-order valence-electron chi connectivity index (χ3n) is 14.4. The normalized spacial score (nSPS) is 15.3. The molecule has 0 saturated heterocycles. The van der Waals surface area contributed by atoms with Crippen molar-refractivity contribution < 1.29 is 4.42 Å². The smallest absolute Gasteiger partial charge is 0.135 e. The summed E-state index contributed by atoms with van der Waals surface area (Å²) in [4.78, 5) is 2.48. The van der Waals surface area contributed by atoms with Gasteiger partial charge in [0.2, 0.25) is 0 Å². The van der Waals surface area contributed by atoms with Crippen molar-refractivity contribution in [3.8, 4) is 33.4 Å². The Morgan fingerprint density at radius 1 is 0.338 bits per heavy atom. The lowest BCUT2D eigenvalue weighted by atomic mass is 9.67. The molecule has 2 nitrogen and oxygen atoms in total. The first-order valence-corrected chi connectivity index (χ1v) is 22.6. The van der Waals surface area contributed by atoms with Gasteiger partial charge in [0, 0.05) is 33.1 Å². The fourth-order valence-electron chi connectivity index (χ4n) is 11.6. The van der Waals surface area contributed by atoms with Gasteiger partial charge in [0.1, 0.15) is 11.2 Å². The third-order valence-corrected chi connectivity index (χ3v) is 14.4. The van der Waals surface area contributed by atoms with E-state index >= 15 is 0 Å². The van der Waals surface area contributed by atoms with Gasteiger partial charge in [0.15, 0.2) is 0 Å². The molecule has 0 aliphatic heterocycles. The average Bonchev–Trinajstić information content (AvgIpc) is 3.99. The molecule has 11 aromatic rings. The summed E-state index contributed by atoms with van der Waals surface area (Å²) in [5.74, 6) is 0. The fraction of sp³-hybridized carbons (Fsp3) is 0.0476. The highest BCUT2D eigenvalue weighted by Crippen LogP contribution is 2.59. The largest absolute Gasteiger partial charge is 0.456 e. The van der Waals surface area contributed by atoms with Gasteiger partial charge in [-0.25, -0.2) is 0 Å².